The third-order valence-electron chi connectivity index (χ3n) is 2.81. The fourth-order valence-electron chi connectivity index (χ4n) is 1.71. The predicted octanol–water partition coefficient (Wildman–Crippen LogP) is 1.04. The van der Waals surface area contributed by atoms with Gasteiger partial charge in [0.25, 0.3) is 5.69 Å². The lowest BCUT2D eigenvalue weighted by Gasteiger charge is -2.07. The molecular weight excluding hydrogens is 288 g/mol. The summed E-state index contributed by atoms with van der Waals surface area (Å²) in [4.78, 5) is 32.2. The van der Waals surface area contributed by atoms with E-state index in [0.29, 0.717) is 32.5 Å². The van der Waals surface area contributed by atoms with Crippen molar-refractivity contribution < 1.29 is 14.5 Å². The van der Waals surface area contributed by atoms with Gasteiger partial charge in [0.1, 0.15) is 0 Å². The van der Waals surface area contributed by atoms with E-state index in [1.54, 1.807) is 12.1 Å². The topological polar surface area (TPSA) is 113 Å². The van der Waals surface area contributed by atoms with E-state index in [1.165, 1.54) is 19.1 Å². The van der Waals surface area contributed by atoms with Gasteiger partial charge in [-0.1, -0.05) is 0 Å². The summed E-state index contributed by atoms with van der Waals surface area (Å²) in [5, 5.41) is 18.9. The maximum absolute atomic E-state index is 11.5. The number of hydrogen-bond acceptors (Lipinski definition) is 5. The van der Waals surface area contributed by atoms with Crippen molar-refractivity contribution in [1.82, 2.24) is 10.6 Å². The highest BCUT2D eigenvalue weighted by atomic mass is 16.6. The van der Waals surface area contributed by atoms with Crippen molar-refractivity contribution in [1.29, 1.82) is 0 Å². The van der Waals surface area contributed by atoms with Crippen molar-refractivity contribution >= 4 is 23.2 Å². The standard InChI is InChI=1S/C14H20N4O4/c1-11(19)15-9-10-17-14(20)3-2-8-16-12-4-6-13(7-5-12)18(21)22/h4-7,16H,2-3,8-10H2,1H3,(H,15,19)(H,17,20). The highest BCUT2D eigenvalue weighted by molar-refractivity contribution is 5.76. The highest BCUT2D eigenvalue weighted by Gasteiger charge is 2.04. The number of nitrogens with one attached hydrogen (secondary N) is 3. The molecule has 0 saturated carbocycles. The van der Waals surface area contributed by atoms with Crippen LogP contribution in [0.2, 0.25) is 0 Å². The fourth-order valence-corrected chi connectivity index (χ4v) is 1.71. The predicted molar refractivity (Wildman–Crippen MR) is 82.5 cm³/mol. The summed E-state index contributed by atoms with van der Waals surface area (Å²) in [7, 11) is 0. The first-order valence-electron chi connectivity index (χ1n) is 6.98. The molecule has 0 heterocycles. The van der Waals surface area contributed by atoms with Crippen LogP contribution in [0.15, 0.2) is 24.3 Å². The molecule has 1 aromatic rings. The number of benzene rings is 1. The van der Waals surface area contributed by atoms with Crippen molar-refractivity contribution in [2.75, 3.05) is 25.0 Å². The molecule has 0 aliphatic heterocycles. The zero-order valence-corrected chi connectivity index (χ0v) is 12.4. The maximum atomic E-state index is 11.5. The molecule has 0 aliphatic rings. The van der Waals surface area contributed by atoms with Crippen LogP contribution in [0.25, 0.3) is 0 Å². The van der Waals surface area contributed by atoms with E-state index in [4.69, 9.17) is 0 Å². The van der Waals surface area contributed by atoms with Crippen LogP contribution in [-0.4, -0.2) is 36.4 Å². The lowest BCUT2D eigenvalue weighted by Crippen LogP contribution is -2.33. The number of amides is 2. The minimum atomic E-state index is -0.449. The molecule has 8 heteroatoms. The fraction of sp³-hybridized carbons (Fsp3) is 0.429. The quantitative estimate of drug-likeness (QED) is 0.358. The molecule has 0 fully saturated rings. The first kappa shape index (κ1) is 17.4. The van der Waals surface area contributed by atoms with Crippen LogP contribution >= 0.6 is 0 Å². The van der Waals surface area contributed by atoms with E-state index in [9.17, 15) is 19.7 Å². The van der Waals surface area contributed by atoms with Crippen molar-refractivity contribution in [2.45, 2.75) is 19.8 Å². The number of rotatable bonds is 9. The van der Waals surface area contributed by atoms with Crippen molar-refractivity contribution in [3.8, 4) is 0 Å². The Morgan fingerprint density at radius 3 is 2.32 bits per heavy atom. The van der Waals surface area contributed by atoms with Crippen LogP contribution < -0.4 is 16.0 Å². The highest BCUT2D eigenvalue weighted by Crippen LogP contribution is 2.15. The van der Waals surface area contributed by atoms with Crippen LogP contribution in [0.4, 0.5) is 11.4 Å². The van der Waals surface area contributed by atoms with Gasteiger partial charge in [-0.05, 0) is 18.6 Å². The maximum Gasteiger partial charge on any atom is 0.269 e. The average Bonchev–Trinajstić information content (AvgIpc) is 2.48. The zero-order valence-electron chi connectivity index (χ0n) is 12.4. The Bertz CT molecular complexity index is 516. The Labute approximate surface area is 128 Å². The third-order valence-corrected chi connectivity index (χ3v) is 2.81. The molecule has 0 aromatic heterocycles. The molecule has 22 heavy (non-hydrogen) atoms. The van der Waals surface area contributed by atoms with Gasteiger partial charge < -0.3 is 16.0 Å². The smallest absolute Gasteiger partial charge is 0.269 e. The van der Waals surface area contributed by atoms with E-state index in [-0.39, 0.29) is 17.5 Å². The third kappa shape index (κ3) is 7.22. The first-order chi connectivity index (χ1) is 10.5. The van der Waals surface area contributed by atoms with Crippen molar-refractivity contribution in [3.05, 3.63) is 34.4 Å². The summed E-state index contributed by atoms with van der Waals surface area (Å²) < 4.78 is 0. The Balaban J connectivity index is 2.12. The Morgan fingerprint density at radius 2 is 1.73 bits per heavy atom. The molecule has 0 bridgehead atoms. The number of carbonyl (C=O) groups is 2. The van der Waals surface area contributed by atoms with Crippen molar-refractivity contribution in [3.63, 3.8) is 0 Å². The number of nitro benzene ring substituents is 1. The van der Waals surface area contributed by atoms with Gasteiger partial charge in [-0.2, -0.15) is 0 Å². The van der Waals surface area contributed by atoms with E-state index in [1.807, 2.05) is 0 Å². The van der Waals surface area contributed by atoms with Crippen LogP contribution in [0.3, 0.4) is 0 Å². The van der Waals surface area contributed by atoms with Gasteiger partial charge in [-0.3, -0.25) is 19.7 Å². The minimum absolute atomic E-state index is 0.0455. The molecule has 0 radical (unpaired) electrons. The Morgan fingerprint density at radius 1 is 1.09 bits per heavy atom. The molecular formula is C14H20N4O4. The molecule has 3 N–H and O–H groups in total. The molecule has 120 valence electrons. The molecule has 0 aliphatic carbocycles. The summed E-state index contributed by atoms with van der Waals surface area (Å²) in [5.74, 6) is -0.197. The van der Waals surface area contributed by atoms with Gasteiger partial charge >= 0.3 is 0 Å². The van der Waals surface area contributed by atoms with Gasteiger partial charge in [0.2, 0.25) is 11.8 Å². The van der Waals surface area contributed by atoms with Crippen LogP contribution in [0, 0.1) is 10.1 Å². The number of hydrogen-bond donors (Lipinski definition) is 3. The van der Waals surface area contributed by atoms with Gasteiger partial charge in [-0.15, -0.1) is 0 Å². The normalized spacial score (nSPS) is 9.86. The largest absolute Gasteiger partial charge is 0.385 e. The van der Waals surface area contributed by atoms with Gasteiger partial charge in [0.15, 0.2) is 0 Å². The lowest BCUT2D eigenvalue weighted by atomic mass is 10.2. The second kappa shape index (κ2) is 9.32. The summed E-state index contributed by atoms with van der Waals surface area (Å²) in [6, 6.07) is 6.12. The van der Waals surface area contributed by atoms with Crippen LogP contribution in [0.5, 0.6) is 0 Å². The van der Waals surface area contributed by atoms with E-state index >= 15 is 0 Å². The number of carbonyl (C=O) groups excluding carboxylic acids is 2. The number of non-ortho nitro benzene ring substituents is 1. The molecule has 1 aromatic carbocycles. The van der Waals surface area contributed by atoms with Gasteiger partial charge in [-0.25, -0.2) is 0 Å². The van der Waals surface area contributed by atoms with Gasteiger partial charge in [0.05, 0.1) is 4.92 Å². The second-order valence-electron chi connectivity index (χ2n) is 4.67. The zero-order chi connectivity index (χ0) is 16.4. The van der Waals surface area contributed by atoms with Crippen LogP contribution in [-0.2, 0) is 9.59 Å². The Kier molecular flexibility index (Phi) is 7.38. The van der Waals surface area contributed by atoms with E-state index in [0.717, 1.165) is 5.69 Å². The molecule has 0 atom stereocenters. The van der Waals surface area contributed by atoms with Crippen LogP contribution in [0.1, 0.15) is 19.8 Å². The minimum Gasteiger partial charge on any atom is -0.385 e. The van der Waals surface area contributed by atoms with E-state index < -0.39 is 4.92 Å². The molecule has 1 rings (SSSR count). The SMILES string of the molecule is CC(=O)NCCNC(=O)CCCNc1ccc([N+](=O)[O-])cc1. The lowest BCUT2D eigenvalue weighted by molar-refractivity contribution is -0.384. The average molecular weight is 308 g/mol. The molecule has 8 nitrogen and oxygen atoms in total. The summed E-state index contributed by atoms with van der Waals surface area (Å²) in [5.41, 5.74) is 0.820. The first-order valence-corrected chi connectivity index (χ1v) is 6.98. The molecule has 0 spiro atoms. The molecule has 0 unspecified atom stereocenters. The van der Waals surface area contributed by atoms with Gasteiger partial charge in [0, 0.05) is 50.8 Å². The van der Waals surface area contributed by atoms with Crippen molar-refractivity contribution in [2.24, 2.45) is 0 Å². The summed E-state index contributed by atoms with van der Waals surface area (Å²) in [6.07, 6.45) is 1.02. The number of anilines is 1. The molecule has 2 amide bonds. The summed E-state index contributed by atoms with van der Waals surface area (Å²) in [6.45, 7) is 2.85. The summed E-state index contributed by atoms with van der Waals surface area (Å²) >= 11 is 0. The number of nitrogens with zero attached hydrogens (tertiary/aromatic N) is 1. The molecule has 0 saturated heterocycles. The number of nitro groups is 1. The Hall–Kier alpha value is -2.64. The monoisotopic (exact) mass is 308 g/mol. The second-order valence-corrected chi connectivity index (χ2v) is 4.67. The van der Waals surface area contributed by atoms with E-state index in [2.05, 4.69) is 16.0 Å².